The molecular formula is C15H25N3. The third-order valence-electron chi connectivity index (χ3n) is 5.06. The molecule has 3 rings (SSSR count). The maximum Gasteiger partial charge on any atom is 0.0537 e. The Kier molecular flexibility index (Phi) is 3.42. The van der Waals surface area contributed by atoms with Gasteiger partial charge in [0.25, 0.3) is 0 Å². The number of rotatable bonds is 5. The van der Waals surface area contributed by atoms with Crippen molar-refractivity contribution in [1.29, 1.82) is 0 Å². The van der Waals surface area contributed by atoms with Crippen molar-refractivity contribution in [3.8, 4) is 0 Å². The summed E-state index contributed by atoms with van der Waals surface area (Å²) >= 11 is 0. The zero-order chi connectivity index (χ0) is 12.5. The lowest BCUT2D eigenvalue weighted by atomic mass is 9.89. The predicted molar refractivity (Wildman–Crippen MR) is 73.3 cm³/mol. The molecule has 1 heterocycles. The lowest BCUT2D eigenvalue weighted by molar-refractivity contribution is 0.283. The van der Waals surface area contributed by atoms with E-state index in [-0.39, 0.29) is 0 Å². The molecule has 100 valence electrons. The zero-order valence-electron chi connectivity index (χ0n) is 11.7. The number of aromatic nitrogens is 2. The molecule has 1 aromatic rings. The first-order valence-electron chi connectivity index (χ1n) is 7.50. The summed E-state index contributed by atoms with van der Waals surface area (Å²) in [6, 6.07) is 0. The summed E-state index contributed by atoms with van der Waals surface area (Å²) in [5.74, 6) is 2.93. The molecule has 2 aliphatic rings. The van der Waals surface area contributed by atoms with Crippen LogP contribution in [0.25, 0.3) is 0 Å². The lowest BCUT2D eigenvalue weighted by Gasteiger charge is -2.22. The highest BCUT2D eigenvalue weighted by atomic mass is 15.3. The van der Waals surface area contributed by atoms with Gasteiger partial charge in [-0.05, 0) is 50.5 Å². The van der Waals surface area contributed by atoms with E-state index in [1.165, 1.54) is 36.9 Å². The van der Waals surface area contributed by atoms with Gasteiger partial charge < -0.3 is 5.32 Å². The molecule has 0 radical (unpaired) electrons. The Morgan fingerprint density at radius 1 is 1.39 bits per heavy atom. The molecule has 3 nitrogen and oxygen atoms in total. The molecule has 2 saturated carbocycles. The van der Waals surface area contributed by atoms with Crippen molar-refractivity contribution >= 4 is 0 Å². The van der Waals surface area contributed by atoms with Gasteiger partial charge in [-0.25, -0.2) is 0 Å². The van der Waals surface area contributed by atoms with Crippen molar-refractivity contribution in [2.75, 3.05) is 6.54 Å². The van der Waals surface area contributed by atoms with Crippen LogP contribution in [-0.4, -0.2) is 16.3 Å². The van der Waals surface area contributed by atoms with Gasteiger partial charge in [-0.1, -0.05) is 13.3 Å². The van der Waals surface area contributed by atoms with Crippen LogP contribution in [-0.2, 0) is 13.1 Å². The van der Waals surface area contributed by atoms with Crippen molar-refractivity contribution in [2.45, 2.75) is 52.6 Å². The molecule has 0 amide bonds. The van der Waals surface area contributed by atoms with Crippen molar-refractivity contribution in [3.63, 3.8) is 0 Å². The largest absolute Gasteiger partial charge is 0.313 e. The van der Waals surface area contributed by atoms with Crippen LogP contribution in [0.3, 0.4) is 0 Å². The van der Waals surface area contributed by atoms with E-state index in [0.29, 0.717) is 0 Å². The lowest BCUT2D eigenvalue weighted by Crippen LogP contribution is -2.19. The van der Waals surface area contributed by atoms with Crippen LogP contribution < -0.4 is 5.32 Å². The Morgan fingerprint density at radius 2 is 2.28 bits per heavy atom. The van der Waals surface area contributed by atoms with Gasteiger partial charge in [0.15, 0.2) is 0 Å². The Balaban J connectivity index is 1.64. The van der Waals surface area contributed by atoms with Crippen LogP contribution in [0.15, 0.2) is 6.20 Å². The Bertz CT molecular complexity index is 410. The van der Waals surface area contributed by atoms with E-state index in [1.807, 2.05) is 6.20 Å². The molecule has 1 aromatic heterocycles. The summed E-state index contributed by atoms with van der Waals surface area (Å²) in [6.07, 6.45) is 7.96. The predicted octanol–water partition coefficient (Wildman–Crippen LogP) is 2.74. The van der Waals surface area contributed by atoms with Crippen LogP contribution >= 0.6 is 0 Å². The number of nitrogens with zero attached hydrogens (tertiary/aromatic N) is 2. The molecule has 3 heteroatoms. The third kappa shape index (κ3) is 2.20. The average Bonchev–Trinajstić information content (AvgIpc) is 3.05. The Morgan fingerprint density at radius 3 is 2.94 bits per heavy atom. The molecule has 3 atom stereocenters. The average molecular weight is 247 g/mol. The summed E-state index contributed by atoms with van der Waals surface area (Å²) in [5.41, 5.74) is 2.72. The van der Waals surface area contributed by atoms with Gasteiger partial charge in [-0.15, -0.1) is 0 Å². The van der Waals surface area contributed by atoms with Crippen molar-refractivity contribution in [1.82, 2.24) is 15.1 Å². The van der Waals surface area contributed by atoms with E-state index in [9.17, 15) is 0 Å². The van der Waals surface area contributed by atoms with Crippen LogP contribution in [0.5, 0.6) is 0 Å². The second-order valence-electron chi connectivity index (χ2n) is 6.15. The first kappa shape index (κ1) is 12.2. The highest BCUT2D eigenvalue weighted by Crippen LogP contribution is 2.48. The smallest absolute Gasteiger partial charge is 0.0537 e. The first-order valence-corrected chi connectivity index (χ1v) is 7.50. The third-order valence-corrected chi connectivity index (χ3v) is 5.06. The monoisotopic (exact) mass is 247 g/mol. The van der Waals surface area contributed by atoms with Gasteiger partial charge in [0.05, 0.1) is 6.20 Å². The molecule has 0 aliphatic heterocycles. The summed E-state index contributed by atoms with van der Waals surface area (Å²) < 4.78 is 2.25. The van der Waals surface area contributed by atoms with Crippen molar-refractivity contribution < 1.29 is 0 Å². The van der Waals surface area contributed by atoms with E-state index < -0.39 is 0 Å². The standard InChI is InChI=1S/C15H25N3/c1-3-16-8-15-9-17-18(11(15)2)10-14-7-12-4-5-13(14)6-12/h9,12-14,16H,3-8,10H2,1-2H3. The first-order chi connectivity index (χ1) is 8.78. The van der Waals surface area contributed by atoms with E-state index in [2.05, 4.69) is 28.9 Å². The summed E-state index contributed by atoms with van der Waals surface area (Å²) in [5, 5.41) is 7.98. The van der Waals surface area contributed by atoms with Gasteiger partial charge in [-0.3, -0.25) is 4.68 Å². The van der Waals surface area contributed by atoms with E-state index in [1.54, 1.807) is 0 Å². The number of fused-ring (bicyclic) bond motifs is 2. The summed E-state index contributed by atoms with van der Waals surface area (Å²) in [7, 11) is 0. The van der Waals surface area contributed by atoms with Crippen LogP contribution in [0, 0.1) is 24.7 Å². The van der Waals surface area contributed by atoms with E-state index in [0.717, 1.165) is 37.4 Å². The number of hydrogen-bond acceptors (Lipinski definition) is 2. The SMILES string of the molecule is CCNCc1cnn(CC2CC3CCC2C3)c1C. The quantitative estimate of drug-likeness (QED) is 0.867. The molecular weight excluding hydrogens is 222 g/mol. The highest BCUT2D eigenvalue weighted by molar-refractivity contribution is 5.16. The minimum Gasteiger partial charge on any atom is -0.313 e. The molecule has 0 aromatic carbocycles. The molecule has 3 unspecified atom stereocenters. The molecule has 2 fully saturated rings. The molecule has 0 spiro atoms. The highest BCUT2D eigenvalue weighted by Gasteiger charge is 2.39. The molecule has 0 saturated heterocycles. The fourth-order valence-corrected chi connectivity index (χ4v) is 3.92. The fraction of sp³-hybridized carbons (Fsp3) is 0.800. The maximum absolute atomic E-state index is 4.59. The normalized spacial score (nSPS) is 30.2. The van der Waals surface area contributed by atoms with Gasteiger partial charge in [0.2, 0.25) is 0 Å². The van der Waals surface area contributed by atoms with Crippen LogP contribution in [0.2, 0.25) is 0 Å². The van der Waals surface area contributed by atoms with Crippen LogP contribution in [0.4, 0.5) is 0 Å². The molecule has 2 aliphatic carbocycles. The minimum absolute atomic E-state index is 0.898. The van der Waals surface area contributed by atoms with Gasteiger partial charge in [0.1, 0.15) is 0 Å². The van der Waals surface area contributed by atoms with Crippen molar-refractivity contribution in [3.05, 3.63) is 17.5 Å². The molecule has 1 N–H and O–H groups in total. The maximum atomic E-state index is 4.59. The zero-order valence-corrected chi connectivity index (χ0v) is 11.7. The summed E-state index contributed by atoms with van der Waals surface area (Å²) in [6.45, 7) is 7.50. The second kappa shape index (κ2) is 5.04. The Labute approximate surface area is 110 Å². The van der Waals surface area contributed by atoms with Gasteiger partial charge in [-0.2, -0.15) is 5.10 Å². The van der Waals surface area contributed by atoms with Gasteiger partial charge >= 0.3 is 0 Å². The summed E-state index contributed by atoms with van der Waals surface area (Å²) in [4.78, 5) is 0. The number of nitrogens with one attached hydrogen (secondary N) is 1. The molecule has 2 bridgehead atoms. The number of hydrogen-bond donors (Lipinski definition) is 1. The topological polar surface area (TPSA) is 29.9 Å². The van der Waals surface area contributed by atoms with E-state index in [4.69, 9.17) is 0 Å². The fourth-order valence-electron chi connectivity index (χ4n) is 3.92. The second-order valence-corrected chi connectivity index (χ2v) is 6.15. The van der Waals surface area contributed by atoms with Crippen molar-refractivity contribution in [2.24, 2.45) is 17.8 Å². The molecule has 18 heavy (non-hydrogen) atoms. The Hall–Kier alpha value is -0.830. The van der Waals surface area contributed by atoms with E-state index >= 15 is 0 Å². The minimum atomic E-state index is 0.898. The van der Waals surface area contributed by atoms with Crippen LogP contribution in [0.1, 0.15) is 43.9 Å². The van der Waals surface area contributed by atoms with Gasteiger partial charge in [0, 0.05) is 24.3 Å².